The minimum atomic E-state index is -1.05. The molecule has 0 aromatic rings. The molecule has 0 bridgehead atoms. The van der Waals surface area contributed by atoms with Crippen LogP contribution in [-0.4, -0.2) is 51.6 Å². The van der Waals surface area contributed by atoms with Crippen LogP contribution < -0.4 is 11.1 Å². The summed E-state index contributed by atoms with van der Waals surface area (Å²) in [5, 5.41) is 11.2. The maximum atomic E-state index is 11.6. The number of thioether (sulfide) groups is 1. The second kappa shape index (κ2) is 5.06. The fourth-order valence-corrected chi connectivity index (χ4v) is 2.33. The molecule has 1 aliphatic rings. The molecule has 2 atom stereocenters. The van der Waals surface area contributed by atoms with Crippen LogP contribution in [-0.2, 0) is 9.59 Å². The lowest BCUT2D eigenvalue weighted by atomic mass is 10.3. The van der Waals surface area contributed by atoms with Gasteiger partial charge in [0.15, 0.2) is 0 Å². The van der Waals surface area contributed by atoms with Gasteiger partial charge in [-0.1, -0.05) is 0 Å². The minimum absolute atomic E-state index is 0.300. The molecule has 1 aliphatic heterocycles. The number of urea groups is 1. The predicted octanol–water partition coefficient (Wildman–Crippen LogP) is -0.971. The molecule has 0 aromatic heterocycles. The van der Waals surface area contributed by atoms with Gasteiger partial charge in [-0.05, 0) is 6.92 Å². The molecular weight excluding hydrogens is 234 g/mol. The Bertz CT molecular complexity index is 322. The third-order valence-corrected chi connectivity index (χ3v) is 3.21. The van der Waals surface area contributed by atoms with Crippen LogP contribution in [0.1, 0.15) is 6.92 Å². The van der Waals surface area contributed by atoms with Gasteiger partial charge in [0.2, 0.25) is 5.91 Å². The summed E-state index contributed by atoms with van der Waals surface area (Å²) in [5.74, 6) is -1.05. The topological polar surface area (TPSA) is 113 Å². The molecule has 90 valence electrons. The Morgan fingerprint density at radius 3 is 2.69 bits per heavy atom. The zero-order valence-corrected chi connectivity index (χ0v) is 9.49. The highest BCUT2D eigenvalue weighted by molar-refractivity contribution is 7.99. The zero-order valence-electron chi connectivity index (χ0n) is 8.67. The Kier molecular flexibility index (Phi) is 3.99. The summed E-state index contributed by atoms with van der Waals surface area (Å²) in [5.41, 5.74) is 4.98. The van der Waals surface area contributed by atoms with E-state index in [0.717, 1.165) is 0 Å². The third-order valence-electron chi connectivity index (χ3n) is 2.19. The number of carbonyl (C=O) groups excluding carboxylic acids is 2. The normalized spacial score (nSPS) is 21.6. The molecule has 1 rings (SSSR count). The molecule has 0 spiro atoms. The molecule has 7 nitrogen and oxygen atoms in total. The van der Waals surface area contributed by atoms with Crippen LogP contribution in [0.2, 0.25) is 0 Å². The van der Waals surface area contributed by atoms with Crippen LogP contribution in [0.15, 0.2) is 0 Å². The summed E-state index contributed by atoms with van der Waals surface area (Å²) in [7, 11) is 0. The Balaban J connectivity index is 2.60. The van der Waals surface area contributed by atoms with E-state index in [1.54, 1.807) is 0 Å². The first-order valence-corrected chi connectivity index (χ1v) is 5.76. The van der Waals surface area contributed by atoms with E-state index in [1.807, 2.05) is 0 Å². The average molecular weight is 247 g/mol. The van der Waals surface area contributed by atoms with Crippen LogP contribution in [0.3, 0.4) is 0 Å². The Hall–Kier alpha value is -1.44. The standard InChI is InChI=1S/C8H13N3O4S/c1-4(6(9)12)10-8(15)11-3-16-2-5(11)7(13)14/h4-5H,2-3H2,1H3,(H2,9,12)(H,10,15)(H,13,14). The fourth-order valence-electron chi connectivity index (χ4n) is 1.19. The zero-order chi connectivity index (χ0) is 12.3. The highest BCUT2D eigenvalue weighted by Crippen LogP contribution is 2.20. The van der Waals surface area contributed by atoms with Crippen LogP contribution in [0, 0.1) is 0 Å². The highest BCUT2D eigenvalue weighted by atomic mass is 32.2. The van der Waals surface area contributed by atoms with Gasteiger partial charge in [-0.15, -0.1) is 11.8 Å². The largest absolute Gasteiger partial charge is 0.480 e. The number of nitrogens with two attached hydrogens (primary N) is 1. The van der Waals surface area contributed by atoms with Crippen LogP contribution in [0.25, 0.3) is 0 Å². The van der Waals surface area contributed by atoms with Crippen molar-refractivity contribution in [1.29, 1.82) is 0 Å². The van der Waals surface area contributed by atoms with E-state index in [0.29, 0.717) is 11.6 Å². The predicted molar refractivity (Wildman–Crippen MR) is 57.8 cm³/mol. The van der Waals surface area contributed by atoms with Gasteiger partial charge in [-0.25, -0.2) is 9.59 Å². The van der Waals surface area contributed by atoms with Gasteiger partial charge in [0.1, 0.15) is 12.1 Å². The van der Waals surface area contributed by atoms with Crippen LogP contribution in [0.4, 0.5) is 4.79 Å². The van der Waals surface area contributed by atoms with E-state index in [1.165, 1.54) is 23.6 Å². The smallest absolute Gasteiger partial charge is 0.327 e. The molecule has 3 amide bonds. The number of amides is 3. The summed E-state index contributed by atoms with van der Waals surface area (Å²) in [6.07, 6.45) is 0. The van der Waals surface area contributed by atoms with E-state index in [4.69, 9.17) is 10.8 Å². The lowest BCUT2D eigenvalue weighted by Gasteiger charge is -2.22. The number of carboxylic acids is 1. The van der Waals surface area contributed by atoms with E-state index in [9.17, 15) is 14.4 Å². The minimum Gasteiger partial charge on any atom is -0.480 e. The van der Waals surface area contributed by atoms with Gasteiger partial charge in [-0.2, -0.15) is 0 Å². The number of hydrogen-bond donors (Lipinski definition) is 3. The average Bonchev–Trinajstić information content (AvgIpc) is 2.65. The molecule has 16 heavy (non-hydrogen) atoms. The van der Waals surface area contributed by atoms with Gasteiger partial charge < -0.3 is 21.1 Å². The van der Waals surface area contributed by atoms with E-state index in [-0.39, 0.29) is 0 Å². The molecule has 4 N–H and O–H groups in total. The molecule has 8 heteroatoms. The molecule has 0 saturated carbocycles. The van der Waals surface area contributed by atoms with Crippen LogP contribution in [0.5, 0.6) is 0 Å². The van der Waals surface area contributed by atoms with Crippen molar-refractivity contribution in [3.63, 3.8) is 0 Å². The van der Waals surface area contributed by atoms with Crippen molar-refractivity contribution in [1.82, 2.24) is 10.2 Å². The fraction of sp³-hybridized carbons (Fsp3) is 0.625. The molecule has 1 heterocycles. The van der Waals surface area contributed by atoms with Gasteiger partial charge in [-0.3, -0.25) is 4.79 Å². The highest BCUT2D eigenvalue weighted by Gasteiger charge is 2.35. The number of primary amides is 1. The van der Waals surface area contributed by atoms with Gasteiger partial charge in [0.05, 0.1) is 5.88 Å². The van der Waals surface area contributed by atoms with Crippen molar-refractivity contribution in [3.05, 3.63) is 0 Å². The second-order valence-corrected chi connectivity index (χ2v) is 4.40. The molecule has 1 fully saturated rings. The summed E-state index contributed by atoms with van der Waals surface area (Å²) < 4.78 is 0. The van der Waals surface area contributed by atoms with Crippen molar-refractivity contribution < 1.29 is 19.5 Å². The number of nitrogens with zero attached hydrogens (tertiary/aromatic N) is 1. The monoisotopic (exact) mass is 247 g/mol. The number of carbonyl (C=O) groups is 3. The first-order valence-electron chi connectivity index (χ1n) is 4.60. The van der Waals surface area contributed by atoms with Crippen molar-refractivity contribution in [2.24, 2.45) is 5.73 Å². The van der Waals surface area contributed by atoms with E-state index < -0.39 is 30.0 Å². The lowest BCUT2D eigenvalue weighted by molar-refractivity contribution is -0.140. The number of rotatable bonds is 3. The SMILES string of the molecule is CC(NC(=O)N1CSCC1C(=O)O)C(N)=O. The number of nitrogens with one attached hydrogen (secondary N) is 1. The number of aliphatic carboxylic acids is 1. The summed E-state index contributed by atoms with van der Waals surface area (Å²) >= 11 is 1.35. The Morgan fingerprint density at radius 1 is 1.56 bits per heavy atom. The quantitative estimate of drug-likeness (QED) is 0.594. The third kappa shape index (κ3) is 2.78. The maximum Gasteiger partial charge on any atom is 0.327 e. The van der Waals surface area contributed by atoms with E-state index >= 15 is 0 Å². The molecular formula is C8H13N3O4S. The van der Waals surface area contributed by atoms with Crippen LogP contribution >= 0.6 is 11.8 Å². The lowest BCUT2D eigenvalue weighted by Crippen LogP contribution is -2.52. The van der Waals surface area contributed by atoms with Crippen molar-refractivity contribution in [2.45, 2.75) is 19.0 Å². The summed E-state index contributed by atoms with van der Waals surface area (Å²) in [6, 6.07) is -2.23. The van der Waals surface area contributed by atoms with Gasteiger partial charge in [0, 0.05) is 5.75 Å². The second-order valence-electron chi connectivity index (χ2n) is 3.40. The van der Waals surface area contributed by atoms with Crippen molar-refractivity contribution >= 4 is 29.7 Å². The number of carboxylic acid groups (broad SMARTS) is 1. The molecule has 0 aliphatic carbocycles. The first kappa shape index (κ1) is 12.6. The summed E-state index contributed by atoms with van der Waals surface area (Å²) in [4.78, 5) is 34.3. The van der Waals surface area contributed by atoms with Gasteiger partial charge >= 0.3 is 12.0 Å². The maximum absolute atomic E-state index is 11.6. The van der Waals surface area contributed by atoms with E-state index in [2.05, 4.69) is 5.32 Å². The Labute approximate surface area is 96.3 Å². The molecule has 0 aromatic carbocycles. The van der Waals surface area contributed by atoms with Crippen molar-refractivity contribution in [3.8, 4) is 0 Å². The van der Waals surface area contributed by atoms with Crippen molar-refractivity contribution in [2.75, 3.05) is 11.6 Å². The molecule has 0 radical (unpaired) electrons. The number of hydrogen-bond acceptors (Lipinski definition) is 4. The first-order chi connectivity index (χ1) is 7.43. The Morgan fingerprint density at radius 2 is 2.19 bits per heavy atom. The van der Waals surface area contributed by atoms with Gasteiger partial charge in [0.25, 0.3) is 0 Å². The molecule has 1 saturated heterocycles. The molecule has 2 unspecified atom stereocenters. The summed E-state index contributed by atoms with van der Waals surface area (Å²) in [6.45, 7) is 1.44.